The monoisotopic (exact) mass is 307 g/mol. The first kappa shape index (κ1) is 15.1. The topological polar surface area (TPSA) is 84.2 Å². The fraction of sp³-hybridized carbons (Fsp3) is 0.214. The molecule has 1 aromatic heterocycles. The molecule has 6 nitrogen and oxygen atoms in total. The highest BCUT2D eigenvalue weighted by Crippen LogP contribution is 2.27. The number of anilines is 2. The van der Waals surface area contributed by atoms with Crippen LogP contribution in [0.3, 0.4) is 0 Å². The van der Waals surface area contributed by atoms with Gasteiger partial charge in [-0.1, -0.05) is 22.8 Å². The van der Waals surface area contributed by atoms with Crippen LogP contribution in [0.15, 0.2) is 22.7 Å². The van der Waals surface area contributed by atoms with Crippen LogP contribution in [-0.2, 0) is 9.59 Å². The SMILES string of the molecule is Cc1cc(C)c(NC(=O)C(=O)Nc2cc(C)on2)c(Cl)c1. The molecule has 1 aromatic carbocycles. The highest BCUT2D eigenvalue weighted by atomic mass is 35.5. The van der Waals surface area contributed by atoms with Crippen molar-refractivity contribution in [1.82, 2.24) is 5.16 Å². The summed E-state index contributed by atoms with van der Waals surface area (Å²) in [6.07, 6.45) is 0. The van der Waals surface area contributed by atoms with Crippen LogP contribution >= 0.6 is 11.6 Å². The zero-order valence-electron chi connectivity index (χ0n) is 11.8. The van der Waals surface area contributed by atoms with Gasteiger partial charge in [-0.3, -0.25) is 14.9 Å². The molecule has 0 radical (unpaired) electrons. The minimum absolute atomic E-state index is 0.180. The molecular weight excluding hydrogens is 294 g/mol. The molecule has 0 spiro atoms. The highest BCUT2D eigenvalue weighted by Gasteiger charge is 2.18. The Kier molecular flexibility index (Phi) is 4.28. The second kappa shape index (κ2) is 5.97. The van der Waals surface area contributed by atoms with Gasteiger partial charge < -0.3 is 9.84 Å². The second-order valence-corrected chi connectivity index (χ2v) is 5.08. The molecule has 2 amide bonds. The molecule has 7 heteroatoms. The molecule has 21 heavy (non-hydrogen) atoms. The first-order chi connectivity index (χ1) is 9.86. The van der Waals surface area contributed by atoms with Gasteiger partial charge in [0.25, 0.3) is 0 Å². The van der Waals surface area contributed by atoms with E-state index in [0.717, 1.165) is 11.1 Å². The van der Waals surface area contributed by atoms with Gasteiger partial charge in [0.05, 0.1) is 10.7 Å². The van der Waals surface area contributed by atoms with E-state index in [-0.39, 0.29) is 5.82 Å². The molecule has 0 aliphatic heterocycles. The summed E-state index contributed by atoms with van der Waals surface area (Å²) < 4.78 is 4.80. The van der Waals surface area contributed by atoms with Gasteiger partial charge in [-0.05, 0) is 38.0 Å². The Morgan fingerprint density at radius 3 is 2.33 bits per heavy atom. The van der Waals surface area contributed by atoms with Crippen LogP contribution < -0.4 is 10.6 Å². The lowest BCUT2D eigenvalue weighted by atomic mass is 10.1. The maximum atomic E-state index is 11.9. The second-order valence-electron chi connectivity index (χ2n) is 4.67. The standard InChI is InChI=1S/C14H14ClN3O3/c1-7-4-8(2)12(10(15)5-7)17-14(20)13(19)16-11-6-9(3)21-18-11/h4-6H,1-3H3,(H,17,20)(H,16,18,19). The van der Waals surface area contributed by atoms with Crippen LogP contribution in [-0.4, -0.2) is 17.0 Å². The average molecular weight is 308 g/mol. The normalized spacial score (nSPS) is 10.3. The number of aryl methyl sites for hydroxylation is 3. The van der Waals surface area contributed by atoms with Gasteiger partial charge in [0, 0.05) is 6.07 Å². The zero-order valence-corrected chi connectivity index (χ0v) is 12.5. The summed E-state index contributed by atoms with van der Waals surface area (Å²) in [6.45, 7) is 5.37. The van der Waals surface area contributed by atoms with Gasteiger partial charge >= 0.3 is 11.8 Å². The first-order valence-electron chi connectivity index (χ1n) is 6.19. The fourth-order valence-corrected chi connectivity index (χ4v) is 2.21. The van der Waals surface area contributed by atoms with Crippen LogP contribution in [0.1, 0.15) is 16.9 Å². The molecule has 0 saturated heterocycles. The number of benzene rings is 1. The molecule has 0 atom stereocenters. The number of rotatable bonds is 2. The van der Waals surface area contributed by atoms with Gasteiger partial charge in [0.1, 0.15) is 5.76 Å². The van der Waals surface area contributed by atoms with Gasteiger partial charge in [0.2, 0.25) is 0 Å². The molecule has 1 heterocycles. The van der Waals surface area contributed by atoms with E-state index in [4.69, 9.17) is 16.1 Å². The number of carbonyl (C=O) groups is 2. The van der Waals surface area contributed by atoms with Crippen LogP contribution in [0.4, 0.5) is 11.5 Å². The van der Waals surface area contributed by atoms with E-state index < -0.39 is 11.8 Å². The first-order valence-corrected chi connectivity index (χ1v) is 6.57. The number of carbonyl (C=O) groups excluding carboxylic acids is 2. The summed E-state index contributed by atoms with van der Waals surface area (Å²) in [7, 11) is 0. The number of halogens is 1. The lowest BCUT2D eigenvalue weighted by Crippen LogP contribution is -2.29. The molecule has 110 valence electrons. The number of hydrogen-bond donors (Lipinski definition) is 2. The van der Waals surface area contributed by atoms with Crippen molar-refractivity contribution < 1.29 is 14.1 Å². The number of hydrogen-bond acceptors (Lipinski definition) is 4. The molecule has 0 unspecified atom stereocenters. The summed E-state index contributed by atoms with van der Waals surface area (Å²) in [6, 6.07) is 5.08. The summed E-state index contributed by atoms with van der Waals surface area (Å²) in [5, 5.41) is 8.78. The Labute approximate surface area is 126 Å². The number of nitrogens with one attached hydrogen (secondary N) is 2. The summed E-state index contributed by atoms with van der Waals surface area (Å²) >= 11 is 6.07. The van der Waals surface area contributed by atoms with Crippen molar-refractivity contribution in [2.75, 3.05) is 10.6 Å². The Balaban J connectivity index is 2.09. The van der Waals surface area contributed by atoms with E-state index in [9.17, 15) is 9.59 Å². The average Bonchev–Trinajstić information content (AvgIpc) is 2.78. The molecule has 0 saturated carbocycles. The Morgan fingerprint density at radius 2 is 1.76 bits per heavy atom. The smallest absolute Gasteiger partial charge is 0.315 e. The van der Waals surface area contributed by atoms with E-state index >= 15 is 0 Å². The number of amides is 2. The van der Waals surface area contributed by atoms with Crippen LogP contribution in [0.25, 0.3) is 0 Å². The van der Waals surface area contributed by atoms with E-state index in [0.29, 0.717) is 16.5 Å². The van der Waals surface area contributed by atoms with Crippen LogP contribution in [0, 0.1) is 20.8 Å². The van der Waals surface area contributed by atoms with Crippen molar-refractivity contribution in [3.63, 3.8) is 0 Å². The minimum atomic E-state index is -0.848. The Hall–Kier alpha value is -2.34. The third kappa shape index (κ3) is 3.61. The van der Waals surface area contributed by atoms with E-state index in [1.165, 1.54) is 6.07 Å². The van der Waals surface area contributed by atoms with Crippen molar-refractivity contribution in [2.45, 2.75) is 20.8 Å². The van der Waals surface area contributed by atoms with Gasteiger partial charge in [-0.15, -0.1) is 0 Å². The van der Waals surface area contributed by atoms with Crippen molar-refractivity contribution in [3.05, 3.63) is 40.1 Å². The predicted octanol–water partition coefficient (Wildman–Crippen LogP) is 2.83. The summed E-state index contributed by atoms with van der Waals surface area (Å²) in [4.78, 5) is 23.6. The largest absolute Gasteiger partial charge is 0.360 e. The Bertz CT molecular complexity index is 686. The van der Waals surface area contributed by atoms with E-state index in [2.05, 4.69) is 15.8 Å². The third-order valence-corrected chi connectivity index (χ3v) is 3.04. The van der Waals surface area contributed by atoms with Crippen LogP contribution in [0.5, 0.6) is 0 Å². The minimum Gasteiger partial charge on any atom is -0.360 e. The summed E-state index contributed by atoms with van der Waals surface area (Å²) in [5.74, 6) is -0.966. The predicted molar refractivity (Wildman–Crippen MR) is 79.4 cm³/mol. The molecule has 2 rings (SSSR count). The molecular formula is C14H14ClN3O3. The molecule has 0 bridgehead atoms. The van der Waals surface area contributed by atoms with Crippen molar-refractivity contribution in [2.24, 2.45) is 0 Å². The quantitative estimate of drug-likeness (QED) is 0.836. The molecule has 0 aliphatic carbocycles. The van der Waals surface area contributed by atoms with Gasteiger partial charge in [0.15, 0.2) is 5.82 Å². The van der Waals surface area contributed by atoms with Crippen molar-refractivity contribution in [3.8, 4) is 0 Å². The third-order valence-electron chi connectivity index (χ3n) is 2.75. The van der Waals surface area contributed by atoms with Crippen molar-refractivity contribution >= 4 is 34.9 Å². The van der Waals surface area contributed by atoms with E-state index in [1.54, 1.807) is 19.9 Å². The Morgan fingerprint density at radius 1 is 1.10 bits per heavy atom. The summed E-state index contributed by atoms with van der Waals surface area (Å²) in [5.41, 5.74) is 2.16. The zero-order chi connectivity index (χ0) is 15.6. The highest BCUT2D eigenvalue weighted by molar-refractivity contribution is 6.44. The molecule has 0 aliphatic rings. The number of aromatic nitrogens is 1. The van der Waals surface area contributed by atoms with E-state index in [1.807, 2.05) is 13.0 Å². The van der Waals surface area contributed by atoms with Crippen LogP contribution in [0.2, 0.25) is 5.02 Å². The van der Waals surface area contributed by atoms with Gasteiger partial charge in [-0.2, -0.15) is 0 Å². The maximum Gasteiger partial charge on any atom is 0.315 e. The lowest BCUT2D eigenvalue weighted by molar-refractivity contribution is -0.133. The maximum absolute atomic E-state index is 11.9. The fourth-order valence-electron chi connectivity index (χ4n) is 1.84. The lowest BCUT2D eigenvalue weighted by Gasteiger charge is -2.10. The number of nitrogens with zero attached hydrogens (tertiary/aromatic N) is 1. The molecule has 2 aromatic rings. The van der Waals surface area contributed by atoms with Gasteiger partial charge in [-0.25, -0.2) is 0 Å². The molecule has 2 N–H and O–H groups in total. The molecule has 0 fully saturated rings. The van der Waals surface area contributed by atoms with Crippen molar-refractivity contribution in [1.29, 1.82) is 0 Å².